The maximum absolute atomic E-state index is 12.5. The first-order valence-electron chi connectivity index (χ1n) is 7.42. The maximum Gasteiger partial charge on any atom is 0.313 e. The van der Waals surface area contributed by atoms with Crippen molar-refractivity contribution in [1.29, 1.82) is 21.2 Å². The van der Waals surface area contributed by atoms with E-state index in [1.165, 1.54) is 6.92 Å². The summed E-state index contributed by atoms with van der Waals surface area (Å²) < 4.78 is 10.6. The molecule has 0 spiro atoms. The zero-order valence-corrected chi connectivity index (χ0v) is 13.5. The molecule has 7 nitrogen and oxygen atoms in total. The number of nitrogens with zero attached hydrogens (tertiary/aromatic N) is 3. The van der Waals surface area contributed by atoms with Crippen molar-refractivity contribution >= 4 is 11.9 Å². The van der Waals surface area contributed by atoms with E-state index >= 15 is 0 Å². The number of carbonyl (C=O) groups is 1. The molecule has 2 bridgehead atoms. The van der Waals surface area contributed by atoms with Crippen LogP contribution in [0.3, 0.4) is 0 Å². The zero-order valence-electron chi connectivity index (χ0n) is 13.5. The van der Waals surface area contributed by atoms with Crippen LogP contribution in [-0.4, -0.2) is 24.1 Å². The fraction of sp³-hybridized carbons (Fsp3) is 0.688. The number of fused-ring (bicyclic) bond motifs is 2. The summed E-state index contributed by atoms with van der Waals surface area (Å²) in [5.41, 5.74) is -5.31. The average molecular weight is 314 g/mol. The minimum absolute atomic E-state index is 0.138. The molecule has 1 aliphatic carbocycles. The summed E-state index contributed by atoms with van der Waals surface area (Å²) in [5.74, 6) is -2.91. The van der Waals surface area contributed by atoms with Gasteiger partial charge in [0.05, 0.1) is 24.8 Å². The van der Waals surface area contributed by atoms with Crippen LogP contribution in [0.25, 0.3) is 0 Å². The molecule has 1 saturated heterocycles. The van der Waals surface area contributed by atoms with Gasteiger partial charge in [0.15, 0.2) is 11.0 Å². The van der Waals surface area contributed by atoms with Crippen LogP contribution in [0, 0.1) is 68.0 Å². The molecule has 7 heteroatoms. The molecular weight excluding hydrogens is 296 g/mol. The summed E-state index contributed by atoms with van der Waals surface area (Å²) in [4.78, 5) is 12.5. The van der Waals surface area contributed by atoms with Crippen molar-refractivity contribution in [3.8, 4) is 18.2 Å². The molecule has 0 amide bonds. The molecule has 23 heavy (non-hydrogen) atoms. The number of rotatable bonds is 3. The Morgan fingerprint density at radius 1 is 1.35 bits per heavy atom. The normalized spacial score (nSPS) is 36.7. The highest BCUT2D eigenvalue weighted by Crippen LogP contribution is 2.71. The van der Waals surface area contributed by atoms with Crippen molar-refractivity contribution < 1.29 is 14.3 Å². The first-order chi connectivity index (χ1) is 10.7. The Morgan fingerprint density at radius 2 is 1.91 bits per heavy atom. The lowest BCUT2D eigenvalue weighted by Crippen LogP contribution is -2.50. The second-order valence-corrected chi connectivity index (χ2v) is 6.43. The number of hydrogen-bond donors (Lipinski definition) is 1. The number of esters is 1. The first-order valence-corrected chi connectivity index (χ1v) is 7.42. The third-order valence-electron chi connectivity index (χ3n) is 5.23. The van der Waals surface area contributed by atoms with Gasteiger partial charge in [0.25, 0.3) is 0 Å². The summed E-state index contributed by atoms with van der Waals surface area (Å²) in [6, 6.07) is 5.81. The number of carbonyl (C=O) groups excluding carboxylic acids is 1. The smallest absolute Gasteiger partial charge is 0.313 e. The predicted molar refractivity (Wildman–Crippen MR) is 77.4 cm³/mol. The molecule has 0 radical (unpaired) electrons. The predicted octanol–water partition coefficient (Wildman–Crippen LogP) is 1.76. The molecule has 0 aromatic heterocycles. The summed E-state index contributed by atoms with van der Waals surface area (Å²) in [5, 5.41) is 37.5. The van der Waals surface area contributed by atoms with Gasteiger partial charge in [-0.2, -0.15) is 15.8 Å². The van der Waals surface area contributed by atoms with Crippen LogP contribution < -0.4 is 0 Å². The van der Waals surface area contributed by atoms with Crippen LogP contribution in [-0.2, 0) is 14.3 Å². The fourth-order valence-electron chi connectivity index (χ4n) is 4.34. The Bertz CT molecular complexity index is 682. The minimum Gasteiger partial charge on any atom is -0.470 e. The highest BCUT2D eigenvalue weighted by atomic mass is 16.5. The molecular formula is C16H18N4O3. The lowest BCUT2D eigenvalue weighted by atomic mass is 9.61. The molecule has 1 heterocycles. The quantitative estimate of drug-likeness (QED) is 0.790. The number of nitrogens with one attached hydrogen (secondary N) is 1. The zero-order chi connectivity index (χ0) is 17.6. The van der Waals surface area contributed by atoms with Crippen molar-refractivity contribution in [2.75, 3.05) is 6.61 Å². The third kappa shape index (κ3) is 1.51. The topological polar surface area (TPSA) is 131 Å². The first kappa shape index (κ1) is 16.8. The van der Waals surface area contributed by atoms with Gasteiger partial charge in [-0.05, 0) is 19.8 Å². The number of hydrogen-bond acceptors (Lipinski definition) is 7. The highest BCUT2D eigenvalue weighted by molar-refractivity contribution is 5.94. The van der Waals surface area contributed by atoms with Crippen LogP contribution in [0.5, 0.6) is 0 Å². The average Bonchev–Trinajstić information content (AvgIpc) is 2.81. The van der Waals surface area contributed by atoms with E-state index in [-0.39, 0.29) is 12.5 Å². The summed E-state index contributed by atoms with van der Waals surface area (Å²) in [6.45, 7) is 6.85. The Kier molecular flexibility index (Phi) is 3.62. The standard InChI is InChI=1S/C16H18N4O3/c1-5-22-12(21)11-10(9(2)3)16(8-19)13(20)23-14(11,4)15(16,6-17)7-18/h9-11,20H,5H2,1-4H3/t10-,11+,14-,16+/m0/s1. The molecule has 0 aromatic carbocycles. The van der Waals surface area contributed by atoms with Gasteiger partial charge in [-0.3, -0.25) is 10.2 Å². The van der Waals surface area contributed by atoms with Gasteiger partial charge in [0, 0.05) is 5.92 Å². The molecule has 2 fully saturated rings. The van der Waals surface area contributed by atoms with Crippen LogP contribution in [0.1, 0.15) is 27.7 Å². The molecule has 4 atom stereocenters. The second-order valence-electron chi connectivity index (χ2n) is 6.43. The molecule has 1 N–H and O–H groups in total. The van der Waals surface area contributed by atoms with Crippen LogP contribution in [0.15, 0.2) is 0 Å². The SMILES string of the molecule is CCOC(=O)[C@H]1[C@H](C(C)C)[C@]2(C#N)C(=N)O[C@]1(C)C2(C#N)C#N. The lowest BCUT2D eigenvalue weighted by Gasteiger charge is -2.38. The largest absolute Gasteiger partial charge is 0.470 e. The number of ether oxygens (including phenoxy) is 2. The van der Waals surface area contributed by atoms with Gasteiger partial charge in [0.1, 0.15) is 5.92 Å². The van der Waals surface area contributed by atoms with Gasteiger partial charge in [-0.1, -0.05) is 13.8 Å². The monoisotopic (exact) mass is 314 g/mol. The Hall–Kier alpha value is -2.59. The summed E-state index contributed by atoms with van der Waals surface area (Å²) in [6.07, 6.45) is 0. The van der Waals surface area contributed by atoms with Crippen molar-refractivity contribution in [3.63, 3.8) is 0 Å². The molecule has 2 rings (SSSR count). The second kappa shape index (κ2) is 4.96. The van der Waals surface area contributed by atoms with Crippen molar-refractivity contribution in [2.45, 2.75) is 33.3 Å². The van der Waals surface area contributed by atoms with E-state index in [1.54, 1.807) is 20.8 Å². The van der Waals surface area contributed by atoms with E-state index < -0.39 is 40.1 Å². The van der Waals surface area contributed by atoms with Crippen molar-refractivity contribution in [3.05, 3.63) is 0 Å². The minimum atomic E-state index is -1.93. The fourth-order valence-corrected chi connectivity index (χ4v) is 4.34. The molecule has 1 aliphatic heterocycles. The molecule has 0 unspecified atom stereocenters. The third-order valence-corrected chi connectivity index (χ3v) is 5.23. The van der Waals surface area contributed by atoms with E-state index in [2.05, 4.69) is 0 Å². The van der Waals surface area contributed by atoms with Gasteiger partial charge in [0.2, 0.25) is 11.3 Å². The van der Waals surface area contributed by atoms with Crippen LogP contribution in [0.4, 0.5) is 0 Å². The Balaban J connectivity index is 2.84. The van der Waals surface area contributed by atoms with E-state index in [0.29, 0.717) is 0 Å². The van der Waals surface area contributed by atoms with Gasteiger partial charge in [-0.25, -0.2) is 0 Å². The molecule has 120 valence electrons. The highest BCUT2D eigenvalue weighted by Gasteiger charge is 2.87. The van der Waals surface area contributed by atoms with E-state index in [4.69, 9.17) is 14.9 Å². The van der Waals surface area contributed by atoms with E-state index in [1.807, 2.05) is 18.2 Å². The van der Waals surface area contributed by atoms with E-state index in [9.17, 15) is 20.6 Å². The van der Waals surface area contributed by atoms with E-state index in [0.717, 1.165) is 0 Å². The number of nitriles is 3. The van der Waals surface area contributed by atoms with Crippen LogP contribution >= 0.6 is 0 Å². The van der Waals surface area contributed by atoms with Crippen molar-refractivity contribution in [2.24, 2.45) is 28.6 Å². The van der Waals surface area contributed by atoms with Crippen molar-refractivity contribution in [1.82, 2.24) is 0 Å². The van der Waals surface area contributed by atoms with Gasteiger partial charge < -0.3 is 9.47 Å². The molecule has 1 saturated carbocycles. The Morgan fingerprint density at radius 3 is 2.30 bits per heavy atom. The Labute approximate surface area is 134 Å². The molecule has 0 aromatic rings. The van der Waals surface area contributed by atoms with Gasteiger partial charge >= 0.3 is 5.97 Å². The van der Waals surface area contributed by atoms with Crippen LogP contribution in [0.2, 0.25) is 0 Å². The van der Waals surface area contributed by atoms with Gasteiger partial charge in [-0.15, -0.1) is 0 Å². The summed E-state index contributed by atoms with van der Waals surface area (Å²) in [7, 11) is 0. The summed E-state index contributed by atoms with van der Waals surface area (Å²) >= 11 is 0. The maximum atomic E-state index is 12.5. The lowest BCUT2D eigenvalue weighted by molar-refractivity contribution is -0.160. The molecule has 2 aliphatic rings.